The largest absolute Gasteiger partial charge is 0.496 e. The van der Waals surface area contributed by atoms with E-state index in [1.807, 2.05) is 27.7 Å². The highest BCUT2D eigenvalue weighted by Crippen LogP contribution is 2.25. The fourth-order valence-corrected chi connectivity index (χ4v) is 1.99. The molecule has 0 aliphatic heterocycles. The van der Waals surface area contributed by atoms with Crippen LogP contribution in [-0.4, -0.2) is 25.1 Å². The number of rotatable bonds is 6. The minimum absolute atomic E-state index is 0.0162. The molecule has 0 spiro atoms. The maximum absolute atomic E-state index is 13.3. The number of methoxy groups -OCH3 is 1. The van der Waals surface area contributed by atoms with Crippen LogP contribution in [0.1, 0.15) is 45.7 Å². The molecule has 1 aromatic carbocycles. The summed E-state index contributed by atoms with van der Waals surface area (Å²) in [5.74, 6) is 0.142. The molecule has 0 aliphatic rings. The highest BCUT2D eigenvalue weighted by molar-refractivity contribution is 5.76. The van der Waals surface area contributed by atoms with E-state index >= 15 is 0 Å². The number of hydrogen-bond acceptors (Lipinski definition) is 3. The van der Waals surface area contributed by atoms with E-state index in [0.717, 1.165) is 0 Å². The first-order valence-corrected chi connectivity index (χ1v) is 7.11. The molecule has 4 nitrogen and oxygen atoms in total. The first-order chi connectivity index (χ1) is 9.73. The lowest BCUT2D eigenvalue weighted by Crippen LogP contribution is -2.38. The molecule has 5 heteroatoms. The molecule has 2 N–H and O–H groups in total. The number of nitrogens with one attached hydrogen (secondary N) is 2. The Kier molecular flexibility index (Phi) is 6.15. The van der Waals surface area contributed by atoms with Gasteiger partial charge in [0.1, 0.15) is 11.6 Å². The lowest BCUT2D eigenvalue weighted by molar-refractivity contribution is -0.121. The quantitative estimate of drug-likeness (QED) is 0.848. The highest BCUT2D eigenvalue weighted by Gasteiger charge is 2.15. The average molecular weight is 296 g/mol. The summed E-state index contributed by atoms with van der Waals surface area (Å²) >= 11 is 0. The van der Waals surface area contributed by atoms with Gasteiger partial charge < -0.3 is 15.4 Å². The molecule has 0 heterocycles. The van der Waals surface area contributed by atoms with Gasteiger partial charge in [0.05, 0.1) is 13.2 Å². The molecule has 0 bridgehead atoms. The molecular weight excluding hydrogens is 271 g/mol. The van der Waals surface area contributed by atoms with Crippen molar-refractivity contribution < 1.29 is 13.9 Å². The topological polar surface area (TPSA) is 50.4 Å². The van der Waals surface area contributed by atoms with Crippen molar-refractivity contribution in [3.8, 4) is 5.75 Å². The van der Waals surface area contributed by atoms with Gasteiger partial charge in [-0.05, 0) is 45.9 Å². The Bertz CT molecular complexity index is 484. The summed E-state index contributed by atoms with van der Waals surface area (Å²) in [7, 11) is 1.53. The number of carbonyl (C=O) groups is 1. The molecule has 0 aromatic heterocycles. The van der Waals surface area contributed by atoms with E-state index in [-0.39, 0.29) is 23.3 Å². The van der Waals surface area contributed by atoms with Crippen molar-refractivity contribution in [1.29, 1.82) is 0 Å². The zero-order chi connectivity index (χ0) is 16.0. The van der Waals surface area contributed by atoms with Crippen molar-refractivity contribution in [3.05, 3.63) is 29.6 Å². The van der Waals surface area contributed by atoms with Gasteiger partial charge in [-0.15, -0.1) is 0 Å². The number of hydrogen-bond donors (Lipinski definition) is 2. The van der Waals surface area contributed by atoms with Crippen LogP contribution in [0, 0.1) is 5.82 Å². The van der Waals surface area contributed by atoms with E-state index < -0.39 is 0 Å². The highest BCUT2D eigenvalue weighted by atomic mass is 19.1. The molecule has 1 rings (SSSR count). The van der Waals surface area contributed by atoms with Gasteiger partial charge in [-0.3, -0.25) is 4.79 Å². The molecule has 21 heavy (non-hydrogen) atoms. The van der Waals surface area contributed by atoms with Crippen molar-refractivity contribution in [2.75, 3.05) is 13.7 Å². The molecule has 0 aliphatic carbocycles. The molecule has 1 amide bonds. The summed E-state index contributed by atoms with van der Waals surface area (Å²) in [5.41, 5.74) is 0.618. The third-order valence-electron chi connectivity index (χ3n) is 3.04. The number of benzene rings is 1. The van der Waals surface area contributed by atoms with Gasteiger partial charge in [-0.1, -0.05) is 0 Å². The fourth-order valence-electron chi connectivity index (χ4n) is 1.99. The lowest BCUT2D eigenvalue weighted by atomic mass is 10.1. The van der Waals surface area contributed by atoms with Crippen molar-refractivity contribution in [3.63, 3.8) is 0 Å². The molecule has 118 valence electrons. The minimum Gasteiger partial charge on any atom is -0.496 e. The first-order valence-electron chi connectivity index (χ1n) is 7.11. The second kappa shape index (κ2) is 7.41. The third kappa shape index (κ3) is 6.12. The minimum atomic E-state index is -0.346. The summed E-state index contributed by atoms with van der Waals surface area (Å²) in [4.78, 5) is 11.9. The standard InChI is InChI=1S/C16H25FN2O2/c1-11(13-10-12(17)6-7-14(13)21-5)19-15(20)8-9-18-16(2,3)4/h6-7,10-11,18H,8-9H2,1-5H3,(H,19,20). The van der Waals surface area contributed by atoms with Gasteiger partial charge in [0.2, 0.25) is 5.91 Å². The van der Waals surface area contributed by atoms with Gasteiger partial charge in [0.15, 0.2) is 0 Å². The van der Waals surface area contributed by atoms with Crippen LogP contribution >= 0.6 is 0 Å². The van der Waals surface area contributed by atoms with E-state index in [1.54, 1.807) is 6.07 Å². The van der Waals surface area contributed by atoms with E-state index in [2.05, 4.69) is 10.6 Å². The second-order valence-electron chi connectivity index (χ2n) is 6.10. The summed E-state index contributed by atoms with van der Waals surface area (Å²) < 4.78 is 18.5. The number of halogens is 1. The second-order valence-corrected chi connectivity index (χ2v) is 6.10. The lowest BCUT2D eigenvalue weighted by Gasteiger charge is -2.21. The van der Waals surface area contributed by atoms with E-state index in [0.29, 0.717) is 24.3 Å². The Balaban J connectivity index is 2.58. The van der Waals surface area contributed by atoms with Crippen LogP contribution in [0.5, 0.6) is 5.75 Å². The Morgan fingerprint density at radius 2 is 2.05 bits per heavy atom. The maximum Gasteiger partial charge on any atom is 0.221 e. The third-order valence-corrected chi connectivity index (χ3v) is 3.04. The Morgan fingerprint density at radius 1 is 1.38 bits per heavy atom. The van der Waals surface area contributed by atoms with Crippen LogP contribution < -0.4 is 15.4 Å². The Labute approximate surface area is 126 Å². The molecular formula is C16H25FN2O2. The SMILES string of the molecule is COc1ccc(F)cc1C(C)NC(=O)CCNC(C)(C)C. The number of ether oxygens (including phenoxy) is 1. The van der Waals surface area contributed by atoms with Crippen LogP contribution in [0.4, 0.5) is 4.39 Å². The predicted octanol–water partition coefficient (Wildman–Crippen LogP) is 2.79. The predicted molar refractivity (Wildman–Crippen MR) is 81.9 cm³/mol. The summed E-state index contributed by atoms with van der Waals surface area (Å²) in [5, 5.41) is 6.11. The van der Waals surface area contributed by atoms with Gasteiger partial charge >= 0.3 is 0 Å². The molecule has 1 unspecified atom stereocenters. The smallest absolute Gasteiger partial charge is 0.221 e. The fraction of sp³-hybridized carbons (Fsp3) is 0.562. The monoisotopic (exact) mass is 296 g/mol. The molecule has 1 aromatic rings. The maximum atomic E-state index is 13.3. The van der Waals surface area contributed by atoms with Gasteiger partial charge in [0.25, 0.3) is 0 Å². The van der Waals surface area contributed by atoms with Crippen molar-refractivity contribution in [2.45, 2.75) is 45.7 Å². The van der Waals surface area contributed by atoms with Gasteiger partial charge in [-0.25, -0.2) is 4.39 Å². The van der Waals surface area contributed by atoms with E-state index in [4.69, 9.17) is 4.74 Å². The Morgan fingerprint density at radius 3 is 2.62 bits per heavy atom. The van der Waals surface area contributed by atoms with Crippen LogP contribution in [0.25, 0.3) is 0 Å². The summed E-state index contributed by atoms with van der Waals surface area (Å²) in [6.45, 7) is 8.55. The van der Waals surface area contributed by atoms with Gasteiger partial charge in [-0.2, -0.15) is 0 Å². The van der Waals surface area contributed by atoms with Crippen LogP contribution in [0.3, 0.4) is 0 Å². The average Bonchev–Trinajstić information content (AvgIpc) is 2.37. The molecule has 0 fully saturated rings. The molecule has 0 radical (unpaired) electrons. The van der Waals surface area contributed by atoms with E-state index in [9.17, 15) is 9.18 Å². The Hall–Kier alpha value is -1.62. The molecule has 0 saturated heterocycles. The normalized spacial score (nSPS) is 12.9. The first kappa shape index (κ1) is 17.4. The zero-order valence-electron chi connectivity index (χ0n) is 13.4. The van der Waals surface area contributed by atoms with Crippen LogP contribution in [-0.2, 0) is 4.79 Å². The number of carbonyl (C=O) groups excluding carboxylic acids is 1. The summed E-state index contributed by atoms with van der Waals surface area (Å²) in [6, 6.07) is 3.98. The molecule has 0 saturated carbocycles. The van der Waals surface area contributed by atoms with Crippen LogP contribution in [0.15, 0.2) is 18.2 Å². The van der Waals surface area contributed by atoms with Crippen molar-refractivity contribution in [1.82, 2.24) is 10.6 Å². The zero-order valence-corrected chi connectivity index (χ0v) is 13.4. The van der Waals surface area contributed by atoms with E-state index in [1.165, 1.54) is 19.2 Å². The van der Waals surface area contributed by atoms with Crippen molar-refractivity contribution >= 4 is 5.91 Å². The van der Waals surface area contributed by atoms with Crippen molar-refractivity contribution in [2.24, 2.45) is 0 Å². The van der Waals surface area contributed by atoms with Crippen LogP contribution in [0.2, 0.25) is 0 Å². The molecule has 1 atom stereocenters. The van der Waals surface area contributed by atoms with Gasteiger partial charge in [0, 0.05) is 24.1 Å². The number of amides is 1. The summed E-state index contributed by atoms with van der Waals surface area (Å²) in [6.07, 6.45) is 0.374.